The molecule has 0 radical (unpaired) electrons. The van der Waals surface area contributed by atoms with Crippen LogP contribution < -0.4 is 10.2 Å². The molecule has 1 aliphatic rings. The van der Waals surface area contributed by atoms with Gasteiger partial charge in [0.25, 0.3) is 5.91 Å². The highest BCUT2D eigenvalue weighted by Crippen LogP contribution is 2.41. The van der Waals surface area contributed by atoms with Crippen molar-refractivity contribution in [2.75, 3.05) is 4.90 Å². The van der Waals surface area contributed by atoms with Crippen LogP contribution in [-0.4, -0.2) is 17.1 Å². The van der Waals surface area contributed by atoms with Crippen LogP contribution in [0.25, 0.3) is 0 Å². The second-order valence-electron chi connectivity index (χ2n) is 6.13. The molecule has 0 aromatic heterocycles. The van der Waals surface area contributed by atoms with Gasteiger partial charge in [-0.2, -0.15) is 5.26 Å². The predicted octanol–water partition coefficient (Wildman–Crippen LogP) is 4.25. The van der Waals surface area contributed by atoms with Crippen LogP contribution in [-0.2, 0) is 16.1 Å². The predicted molar refractivity (Wildman–Crippen MR) is 112 cm³/mol. The van der Waals surface area contributed by atoms with Gasteiger partial charge < -0.3 is 5.32 Å². The Balaban J connectivity index is 1.93. The maximum atomic E-state index is 12.9. The fourth-order valence-corrected chi connectivity index (χ4v) is 4.13. The van der Waals surface area contributed by atoms with Crippen LogP contribution in [0.2, 0.25) is 5.02 Å². The third-order valence-corrected chi connectivity index (χ3v) is 5.94. The van der Waals surface area contributed by atoms with Crippen molar-refractivity contribution in [3.63, 3.8) is 0 Å². The van der Waals surface area contributed by atoms with E-state index in [0.29, 0.717) is 28.7 Å². The summed E-state index contributed by atoms with van der Waals surface area (Å²) in [7, 11) is 0. The summed E-state index contributed by atoms with van der Waals surface area (Å²) in [5, 5.41) is 13.0. The summed E-state index contributed by atoms with van der Waals surface area (Å²) in [6, 6.07) is 18.2. The van der Waals surface area contributed by atoms with Crippen molar-refractivity contribution in [2.45, 2.75) is 25.1 Å². The average molecular weight is 412 g/mol. The minimum Gasteiger partial charge on any atom is -0.347 e. The molecule has 0 aliphatic carbocycles. The summed E-state index contributed by atoms with van der Waals surface area (Å²) in [4.78, 5) is 27.0. The van der Waals surface area contributed by atoms with Crippen LogP contribution in [0.1, 0.15) is 18.9 Å². The Hall–Kier alpha value is -2.75. The molecule has 7 heteroatoms. The summed E-state index contributed by atoms with van der Waals surface area (Å²) in [5.74, 6) is -0.647. The Labute approximate surface area is 173 Å². The molecular weight excluding hydrogens is 394 g/mol. The number of hydrogen-bond donors (Lipinski definition) is 1. The molecule has 28 heavy (non-hydrogen) atoms. The Morgan fingerprint density at radius 1 is 1.21 bits per heavy atom. The van der Waals surface area contributed by atoms with E-state index in [4.69, 9.17) is 11.6 Å². The molecular formula is C21H18ClN3O2S. The van der Waals surface area contributed by atoms with Crippen molar-refractivity contribution in [1.82, 2.24) is 5.32 Å². The molecule has 2 amide bonds. The smallest absolute Gasteiger partial charge is 0.264 e. The van der Waals surface area contributed by atoms with Gasteiger partial charge in [0.15, 0.2) is 0 Å². The zero-order valence-corrected chi connectivity index (χ0v) is 16.8. The number of halogens is 1. The van der Waals surface area contributed by atoms with E-state index in [2.05, 4.69) is 5.32 Å². The van der Waals surface area contributed by atoms with Crippen molar-refractivity contribution in [3.8, 4) is 6.07 Å². The number of benzene rings is 2. The SMILES string of the molecule is CC[C@@H]1S/C(=C(\C#N)C(=O)NCc2ccccc2)N(c2ccc(Cl)cc2)C1=O. The standard InChI is InChI=1S/C21H18ClN3O2S/c1-2-18-20(27)25(16-10-8-15(22)9-11-16)21(28-18)17(12-23)19(26)24-13-14-6-4-3-5-7-14/h3-11,18H,2,13H2,1H3,(H,24,26)/b21-17+/t18-/m0/s1. The van der Waals surface area contributed by atoms with E-state index in [1.54, 1.807) is 24.3 Å². The molecule has 3 rings (SSSR count). The average Bonchev–Trinajstić information content (AvgIpc) is 3.04. The molecule has 0 saturated carbocycles. The van der Waals surface area contributed by atoms with Crippen LogP contribution in [0.5, 0.6) is 0 Å². The summed E-state index contributed by atoms with van der Waals surface area (Å²) < 4.78 is 0. The molecule has 0 bridgehead atoms. The number of anilines is 1. The number of carbonyl (C=O) groups is 2. The van der Waals surface area contributed by atoms with Gasteiger partial charge in [-0.25, -0.2) is 0 Å². The van der Waals surface area contributed by atoms with Crippen molar-refractivity contribution >= 4 is 40.9 Å². The van der Waals surface area contributed by atoms with Gasteiger partial charge in [0.2, 0.25) is 5.91 Å². The van der Waals surface area contributed by atoms with Gasteiger partial charge in [0, 0.05) is 17.3 Å². The molecule has 1 aliphatic heterocycles. The molecule has 1 atom stereocenters. The van der Waals surface area contributed by atoms with Gasteiger partial charge in [0.05, 0.1) is 5.25 Å². The van der Waals surface area contributed by atoms with Gasteiger partial charge in [-0.05, 0) is 36.2 Å². The Morgan fingerprint density at radius 3 is 2.50 bits per heavy atom. The maximum absolute atomic E-state index is 12.9. The van der Waals surface area contributed by atoms with Crippen LogP contribution in [0.3, 0.4) is 0 Å². The molecule has 1 saturated heterocycles. The van der Waals surface area contributed by atoms with Crippen LogP contribution in [0.4, 0.5) is 5.69 Å². The van der Waals surface area contributed by atoms with E-state index in [-0.39, 0.29) is 16.7 Å². The zero-order chi connectivity index (χ0) is 20.1. The fraction of sp³-hybridized carbons (Fsp3) is 0.190. The first-order valence-electron chi connectivity index (χ1n) is 8.77. The molecule has 2 aromatic carbocycles. The van der Waals surface area contributed by atoms with Crippen molar-refractivity contribution < 1.29 is 9.59 Å². The number of carbonyl (C=O) groups excluding carboxylic acids is 2. The molecule has 142 valence electrons. The third-order valence-electron chi connectivity index (χ3n) is 4.26. The second-order valence-corrected chi connectivity index (χ2v) is 7.75. The highest BCUT2D eigenvalue weighted by atomic mass is 35.5. The molecule has 2 aromatic rings. The number of nitriles is 1. The Kier molecular flexibility index (Phi) is 6.40. The van der Waals surface area contributed by atoms with E-state index in [1.807, 2.05) is 43.3 Å². The van der Waals surface area contributed by atoms with Gasteiger partial charge in [-0.1, -0.05) is 60.6 Å². The first-order chi connectivity index (χ1) is 13.5. The van der Waals surface area contributed by atoms with Crippen LogP contribution in [0, 0.1) is 11.3 Å². The lowest BCUT2D eigenvalue weighted by molar-refractivity contribution is -0.117. The summed E-state index contributed by atoms with van der Waals surface area (Å²) in [6.45, 7) is 2.20. The Morgan fingerprint density at radius 2 is 1.89 bits per heavy atom. The molecule has 0 unspecified atom stereocenters. The monoisotopic (exact) mass is 411 g/mol. The van der Waals surface area contributed by atoms with Crippen molar-refractivity contribution in [1.29, 1.82) is 5.26 Å². The number of amides is 2. The van der Waals surface area contributed by atoms with E-state index >= 15 is 0 Å². The lowest BCUT2D eigenvalue weighted by Crippen LogP contribution is -2.31. The van der Waals surface area contributed by atoms with Gasteiger partial charge in [0.1, 0.15) is 16.7 Å². The lowest BCUT2D eigenvalue weighted by atomic mass is 10.2. The molecule has 1 heterocycles. The largest absolute Gasteiger partial charge is 0.347 e. The number of nitrogens with one attached hydrogen (secondary N) is 1. The molecule has 1 fully saturated rings. The zero-order valence-electron chi connectivity index (χ0n) is 15.2. The number of nitrogens with zero attached hydrogens (tertiary/aromatic N) is 2. The number of thioether (sulfide) groups is 1. The first kappa shape index (κ1) is 20.0. The minimum atomic E-state index is -0.502. The molecule has 5 nitrogen and oxygen atoms in total. The van der Waals surface area contributed by atoms with Crippen LogP contribution in [0.15, 0.2) is 65.2 Å². The van der Waals surface area contributed by atoms with Gasteiger partial charge in [-0.15, -0.1) is 0 Å². The van der Waals surface area contributed by atoms with E-state index in [1.165, 1.54) is 16.7 Å². The second kappa shape index (κ2) is 8.96. The summed E-state index contributed by atoms with van der Waals surface area (Å²) >= 11 is 7.20. The highest BCUT2D eigenvalue weighted by molar-refractivity contribution is 8.05. The molecule has 1 N–H and O–H groups in total. The summed E-state index contributed by atoms with van der Waals surface area (Å²) in [5.41, 5.74) is 1.44. The number of hydrogen-bond acceptors (Lipinski definition) is 4. The van der Waals surface area contributed by atoms with Crippen LogP contribution >= 0.6 is 23.4 Å². The third kappa shape index (κ3) is 4.22. The van der Waals surface area contributed by atoms with Crippen molar-refractivity contribution in [3.05, 3.63) is 75.8 Å². The van der Waals surface area contributed by atoms with Crippen molar-refractivity contribution in [2.24, 2.45) is 0 Å². The van der Waals surface area contributed by atoms with E-state index in [0.717, 1.165) is 5.56 Å². The van der Waals surface area contributed by atoms with E-state index in [9.17, 15) is 14.9 Å². The summed E-state index contributed by atoms with van der Waals surface area (Å²) in [6.07, 6.45) is 0.599. The quantitative estimate of drug-likeness (QED) is 0.589. The number of rotatable bonds is 5. The normalized spacial score (nSPS) is 18.0. The maximum Gasteiger partial charge on any atom is 0.264 e. The fourth-order valence-electron chi connectivity index (χ4n) is 2.81. The topological polar surface area (TPSA) is 73.2 Å². The van der Waals surface area contributed by atoms with Gasteiger partial charge >= 0.3 is 0 Å². The van der Waals surface area contributed by atoms with Gasteiger partial charge in [-0.3, -0.25) is 14.5 Å². The molecule has 0 spiro atoms. The first-order valence-corrected chi connectivity index (χ1v) is 10.0. The van der Waals surface area contributed by atoms with E-state index < -0.39 is 5.91 Å². The Bertz CT molecular complexity index is 952. The highest BCUT2D eigenvalue weighted by Gasteiger charge is 2.39. The minimum absolute atomic E-state index is 0.0693. The lowest BCUT2D eigenvalue weighted by Gasteiger charge is -2.18.